The number of nitrogens with one attached hydrogen (secondary N) is 1. The van der Waals surface area contributed by atoms with E-state index in [1.807, 2.05) is 10.9 Å². The molecule has 0 bridgehead atoms. The lowest BCUT2D eigenvalue weighted by Gasteiger charge is -2.07. The Balaban J connectivity index is 1.77. The van der Waals surface area contributed by atoms with Crippen LogP contribution in [0.2, 0.25) is 5.02 Å². The number of carbonyl (C=O) groups is 1. The van der Waals surface area contributed by atoms with Crippen molar-refractivity contribution in [3.63, 3.8) is 0 Å². The van der Waals surface area contributed by atoms with Gasteiger partial charge in [0.25, 0.3) is 0 Å². The minimum absolute atomic E-state index is 0.00750. The van der Waals surface area contributed by atoms with Gasteiger partial charge in [0.05, 0.1) is 45.9 Å². The highest BCUT2D eigenvalue weighted by Crippen LogP contribution is 2.35. The van der Waals surface area contributed by atoms with E-state index >= 15 is 0 Å². The van der Waals surface area contributed by atoms with Crippen molar-refractivity contribution in [3.8, 4) is 11.3 Å². The van der Waals surface area contributed by atoms with Crippen LogP contribution in [0.3, 0.4) is 0 Å². The lowest BCUT2D eigenvalue weighted by atomic mass is 10.1. The average Bonchev–Trinajstić information content (AvgIpc) is 3.42. The van der Waals surface area contributed by atoms with Gasteiger partial charge in [0.2, 0.25) is 5.95 Å². The average molecular weight is 360 g/mol. The van der Waals surface area contributed by atoms with Crippen LogP contribution < -0.4 is 5.32 Å². The molecule has 0 unspecified atom stereocenters. The summed E-state index contributed by atoms with van der Waals surface area (Å²) < 4.78 is 34.0. The van der Waals surface area contributed by atoms with E-state index in [1.54, 1.807) is 6.20 Å². The second-order valence-electron chi connectivity index (χ2n) is 5.51. The molecule has 126 valence electrons. The van der Waals surface area contributed by atoms with Gasteiger partial charge in [-0.15, -0.1) is 0 Å². The number of carboxylic acids is 1. The van der Waals surface area contributed by atoms with E-state index < -0.39 is 35.7 Å². The molecule has 1 aromatic carbocycles. The van der Waals surface area contributed by atoms with Gasteiger partial charge < -0.3 is 10.4 Å². The van der Waals surface area contributed by atoms with Gasteiger partial charge in [0.1, 0.15) is 0 Å². The predicted molar refractivity (Wildman–Crippen MR) is 93.2 cm³/mol. The molecule has 0 aliphatic heterocycles. The van der Waals surface area contributed by atoms with Crippen LogP contribution in [0, 0.1) is 0 Å². The van der Waals surface area contributed by atoms with E-state index in [1.165, 1.54) is 6.20 Å². The Morgan fingerprint density at radius 1 is 1.32 bits per heavy atom. The number of rotatable bonds is 5. The number of carboxylic acid groups (broad SMARTS) is 1. The summed E-state index contributed by atoms with van der Waals surface area (Å²) in [4.78, 5) is 19.6. The van der Waals surface area contributed by atoms with E-state index in [4.69, 9.17) is 17.1 Å². The number of aromatic carboxylic acids is 1. The van der Waals surface area contributed by atoms with Crippen molar-refractivity contribution in [2.24, 2.45) is 0 Å². The standard InChI is InChI=1S/C17H14ClN5O2/c18-14-8-19-17(21-12-7-20-23(9-12)13-5-6-13)22-15(14)10-1-3-11(4-2-10)16(24)25/h1-4,7-9,13H,5-6H2,(H,24,25)(H,19,21,22)/i1D,2D,3D,4D. The predicted octanol–water partition coefficient (Wildman–Crippen LogP) is 3.77. The Morgan fingerprint density at radius 3 is 2.76 bits per heavy atom. The molecular weight excluding hydrogens is 342 g/mol. The summed E-state index contributed by atoms with van der Waals surface area (Å²) in [5, 5.41) is 16.4. The van der Waals surface area contributed by atoms with Crippen molar-refractivity contribution >= 4 is 29.2 Å². The Labute approximate surface area is 153 Å². The van der Waals surface area contributed by atoms with E-state index in [-0.39, 0.29) is 22.2 Å². The number of nitrogens with zero attached hydrogens (tertiary/aromatic N) is 4. The number of hydrogen-bond donors (Lipinski definition) is 2. The van der Waals surface area contributed by atoms with Gasteiger partial charge in [-0.1, -0.05) is 23.7 Å². The molecule has 0 atom stereocenters. The lowest BCUT2D eigenvalue weighted by Crippen LogP contribution is -1.99. The molecule has 0 saturated heterocycles. The van der Waals surface area contributed by atoms with E-state index in [0.717, 1.165) is 12.8 Å². The summed E-state index contributed by atoms with van der Waals surface area (Å²) in [5.41, 5.74) is -0.299. The Hall–Kier alpha value is -2.93. The second kappa shape index (κ2) is 6.18. The Morgan fingerprint density at radius 2 is 2.08 bits per heavy atom. The third-order valence-corrected chi connectivity index (χ3v) is 3.88. The van der Waals surface area contributed by atoms with Gasteiger partial charge in [-0.25, -0.2) is 14.8 Å². The summed E-state index contributed by atoms with van der Waals surface area (Å²) >= 11 is 6.16. The van der Waals surface area contributed by atoms with Crippen LogP contribution in [0.5, 0.6) is 0 Å². The Kier molecular flexibility index (Phi) is 2.86. The molecule has 1 aliphatic carbocycles. The number of benzene rings is 1. The number of aromatic nitrogens is 4. The van der Waals surface area contributed by atoms with Crippen LogP contribution in [-0.2, 0) is 0 Å². The quantitative estimate of drug-likeness (QED) is 0.720. The van der Waals surface area contributed by atoms with Crippen LogP contribution >= 0.6 is 11.6 Å². The maximum Gasteiger partial charge on any atom is 0.335 e. The molecule has 25 heavy (non-hydrogen) atoms. The third-order valence-electron chi connectivity index (χ3n) is 3.60. The largest absolute Gasteiger partial charge is 0.478 e. The first kappa shape index (κ1) is 11.6. The van der Waals surface area contributed by atoms with E-state index in [2.05, 4.69) is 20.4 Å². The lowest BCUT2D eigenvalue weighted by molar-refractivity contribution is 0.0697. The molecule has 0 amide bonds. The molecule has 1 fully saturated rings. The minimum Gasteiger partial charge on any atom is -0.478 e. The normalized spacial score (nSPS) is 15.9. The summed E-state index contributed by atoms with van der Waals surface area (Å²) in [5.74, 6) is -1.42. The number of halogens is 1. The molecule has 1 saturated carbocycles. The smallest absolute Gasteiger partial charge is 0.335 e. The van der Waals surface area contributed by atoms with Crippen LogP contribution in [0.15, 0.2) is 42.8 Å². The zero-order valence-electron chi connectivity index (χ0n) is 16.7. The summed E-state index contributed by atoms with van der Waals surface area (Å²) in [6, 6.07) is -2.04. The maximum atomic E-state index is 11.3. The first-order valence-corrected chi connectivity index (χ1v) is 7.83. The fraction of sp³-hybridized carbons (Fsp3) is 0.176. The van der Waals surface area contributed by atoms with E-state index in [0.29, 0.717) is 11.7 Å². The molecule has 0 spiro atoms. The van der Waals surface area contributed by atoms with Gasteiger partial charge in [-0.2, -0.15) is 5.10 Å². The number of hydrogen-bond acceptors (Lipinski definition) is 5. The monoisotopic (exact) mass is 359 g/mol. The molecule has 2 N–H and O–H groups in total. The van der Waals surface area contributed by atoms with Gasteiger partial charge in [-0.05, 0) is 24.9 Å². The first-order chi connectivity index (χ1) is 13.8. The van der Waals surface area contributed by atoms with Crippen LogP contribution in [-0.4, -0.2) is 30.8 Å². The molecule has 0 radical (unpaired) electrons. The fourth-order valence-electron chi connectivity index (χ4n) is 2.21. The molecule has 3 aromatic rings. The van der Waals surface area contributed by atoms with Crippen molar-refractivity contribution in [3.05, 3.63) is 53.3 Å². The van der Waals surface area contributed by atoms with Crippen LogP contribution in [0.25, 0.3) is 11.3 Å². The summed E-state index contributed by atoms with van der Waals surface area (Å²) in [7, 11) is 0. The van der Waals surface area contributed by atoms with Crippen molar-refractivity contribution in [1.29, 1.82) is 0 Å². The van der Waals surface area contributed by atoms with Crippen LogP contribution in [0.1, 0.15) is 34.7 Å². The zero-order chi connectivity index (χ0) is 20.9. The third kappa shape index (κ3) is 3.32. The topological polar surface area (TPSA) is 92.9 Å². The molecular formula is C17H14ClN5O2. The molecule has 8 heteroatoms. The molecule has 4 rings (SSSR count). The van der Waals surface area contributed by atoms with Gasteiger partial charge >= 0.3 is 5.97 Å². The zero-order valence-corrected chi connectivity index (χ0v) is 13.5. The summed E-state index contributed by atoms with van der Waals surface area (Å²) in [6.07, 6.45) is 6.87. The number of anilines is 2. The highest BCUT2D eigenvalue weighted by Gasteiger charge is 2.24. The van der Waals surface area contributed by atoms with Crippen molar-refractivity contribution < 1.29 is 15.4 Å². The van der Waals surface area contributed by atoms with Crippen molar-refractivity contribution in [1.82, 2.24) is 19.7 Å². The molecule has 7 nitrogen and oxygen atoms in total. The molecule has 2 aromatic heterocycles. The second-order valence-corrected chi connectivity index (χ2v) is 5.92. The van der Waals surface area contributed by atoms with Gasteiger partial charge in [0.15, 0.2) is 0 Å². The maximum absolute atomic E-state index is 11.3. The van der Waals surface area contributed by atoms with Gasteiger partial charge in [-0.3, -0.25) is 4.68 Å². The highest BCUT2D eigenvalue weighted by molar-refractivity contribution is 6.32. The fourth-order valence-corrected chi connectivity index (χ4v) is 2.40. The summed E-state index contributed by atoms with van der Waals surface area (Å²) in [6.45, 7) is 0. The molecule has 1 aliphatic rings. The highest BCUT2D eigenvalue weighted by atomic mass is 35.5. The molecule has 2 heterocycles. The van der Waals surface area contributed by atoms with E-state index in [9.17, 15) is 9.90 Å². The minimum atomic E-state index is -1.54. The SMILES string of the molecule is [2H]c1c([2H])c(-c2nc(Nc3cnn(C4CC4)c3)ncc2Cl)c([2H])c([2H])c1C(=O)O. The van der Waals surface area contributed by atoms with Crippen LogP contribution in [0.4, 0.5) is 11.6 Å². The van der Waals surface area contributed by atoms with Crippen molar-refractivity contribution in [2.45, 2.75) is 18.9 Å². The van der Waals surface area contributed by atoms with Crippen molar-refractivity contribution in [2.75, 3.05) is 5.32 Å². The first-order valence-electron chi connectivity index (χ1n) is 9.45. The van der Waals surface area contributed by atoms with Gasteiger partial charge in [0, 0.05) is 11.8 Å². The Bertz CT molecular complexity index is 1120.